The molecular weight excluding hydrogens is 368 g/mol. The molecule has 0 aliphatic carbocycles. The summed E-state index contributed by atoms with van der Waals surface area (Å²) in [6.45, 7) is 3.50. The summed E-state index contributed by atoms with van der Waals surface area (Å²) in [6, 6.07) is 7.49. The Balaban J connectivity index is 2.23. The number of hydrogen-bond donors (Lipinski definition) is 2. The van der Waals surface area contributed by atoms with E-state index < -0.39 is 17.8 Å². The normalized spacial score (nSPS) is 10.3. The smallest absolute Gasteiger partial charge is 0.341 e. The second-order valence-electron chi connectivity index (χ2n) is 5.71. The third-order valence-electron chi connectivity index (χ3n) is 3.92. The van der Waals surface area contributed by atoms with Gasteiger partial charge in [0.15, 0.2) is 0 Å². The predicted octanol–water partition coefficient (Wildman–Crippen LogP) is 2.46. The number of rotatable bonds is 7. The van der Waals surface area contributed by atoms with Crippen molar-refractivity contribution in [2.24, 2.45) is 0 Å². The summed E-state index contributed by atoms with van der Waals surface area (Å²) in [5, 5.41) is 2.64. The monoisotopic (exact) mass is 390 g/mol. The molecule has 0 spiro atoms. The molecule has 1 amide bonds. The Kier molecular flexibility index (Phi) is 6.95. The first-order valence-corrected chi connectivity index (χ1v) is 9.21. The van der Waals surface area contributed by atoms with Crippen LogP contribution in [0.5, 0.6) is 0 Å². The second kappa shape index (κ2) is 9.18. The minimum atomic E-state index is -0.647. The number of nitrogen functional groups attached to an aromatic ring is 1. The summed E-state index contributed by atoms with van der Waals surface area (Å²) in [5.41, 5.74) is 8.07. The van der Waals surface area contributed by atoms with Gasteiger partial charge in [-0.2, -0.15) is 0 Å². The van der Waals surface area contributed by atoms with Crippen LogP contribution < -0.4 is 11.1 Å². The molecule has 0 atom stereocenters. The van der Waals surface area contributed by atoms with Crippen LogP contribution in [0.1, 0.15) is 43.6 Å². The molecule has 0 unspecified atom stereocenters. The maximum Gasteiger partial charge on any atom is 0.341 e. The summed E-state index contributed by atoms with van der Waals surface area (Å²) < 4.78 is 10.3. The molecule has 0 saturated heterocycles. The van der Waals surface area contributed by atoms with Gasteiger partial charge in [-0.25, -0.2) is 4.79 Å². The number of benzene rings is 1. The first kappa shape index (κ1) is 20.4. The van der Waals surface area contributed by atoms with Gasteiger partial charge < -0.3 is 20.5 Å². The van der Waals surface area contributed by atoms with Crippen molar-refractivity contribution in [1.82, 2.24) is 5.32 Å². The maximum atomic E-state index is 12.2. The van der Waals surface area contributed by atoms with Crippen LogP contribution in [0, 0.1) is 6.92 Å². The number of carbonyl (C=O) groups excluding carboxylic acids is 3. The van der Waals surface area contributed by atoms with Gasteiger partial charge >= 0.3 is 11.9 Å². The molecule has 8 heteroatoms. The van der Waals surface area contributed by atoms with Crippen LogP contribution in [-0.2, 0) is 27.3 Å². The van der Waals surface area contributed by atoms with Gasteiger partial charge in [-0.15, -0.1) is 11.3 Å². The average Bonchev–Trinajstić information content (AvgIpc) is 2.97. The van der Waals surface area contributed by atoms with Crippen LogP contribution in [0.2, 0.25) is 0 Å². The Labute approximate surface area is 161 Å². The van der Waals surface area contributed by atoms with Crippen LogP contribution >= 0.6 is 11.3 Å². The zero-order valence-corrected chi connectivity index (χ0v) is 16.3. The SMILES string of the molecule is CCOC(=O)c1c(N)sc(C(=O)NC)c1COC(=O)Cc1ccccc1C. The molecule has 0 aliphatic heterocycles. The number of carbonyl (C=O) groups is 3. The fourth-order valence-corrected chi connectivity index (χ4v) is 3.52. The lowest BCUT2D eigenvalue weighted by Gasteiger charge is -2.09. The number of nitrogens with one attached hydrogen (secondary N) is 1. The van der Waals surface area contributed by atoms with Gasteiger partial charge in [0, 0.05) is 12.6 Å². The molecule has 0 aliphatic rings. The summed E-state index contributed by atoms with van der Waals surface area (Å²) in [5.74, 6) is -1.52. The molecule has 144 valence electrons. The number of nitrogens with two attached hydrogens (primary N) is 1. The number of thiophene rings is 1. The van der Waals surface area contributed by atoms with Gasteiger partial charge in [0.25, 0.3) is 5.91 Å². The first-order valence-electron chi connectivity index (χ1n) is 8.39. The first-order chi connectivity index (χ1) is 12.9. The third-order valence-corrected chi connectivity index (χ3v) is 4.98. The molecule has 3 N–H and O–H groups in total. The standard InChI is InChI=1S/C19H22N2O5S/c1-4-25-19(24)15-13(16(18(23)21-3)27-17(15)20)10-26-14(22)9-12-8-6-5-7-11(12)2/h5-8H,4,9-10,20H2,1-3H3,(H,21,23). The van der Waals surface area contributed by atoms with E-state index in [4.69, 9.17) is 15.2 Å². The zero-order valence-electron chi connectivity index (χ0n) is 15.5. The number of esters is 2. The highest BCUT2D eigenvalue weighted by Crippen LogP contribution is 2.32. The van der Waals surface area contributed by atoms with Crippen molar-refractivity contribution >= 4 is 34.2 Å². The highest BCUT2D eigenvalue weighted by atomic mass is 32.1. The summed E-state index contributed by atoms with van der Waals surface area (Å²) in [7, 11) is 1.47. The number of amides is 1. The van der Waals surface area contributed by atoms with Crippen molar-refractivity contribution in [3.63, 3.8) is 0 Å². The Morgan fingerprint density at radius 1 is 1.19 bits per heavy atom. The third kappa shape index (κ3) is 4.85. The van der Waals surface area contributed by atoms with E-state index in [9.17, 15) is 14.4 Å². The van der Waals surface area contributed by atoms with Crippen LogP contribution in [0.25, 0.3) is 0 Å². The van der Waals surface area contributed by atoms with E-state index in [1.807, 2.05) is 31.2 Å². The van der Waals surface area contributed by atoms with E-state index in [1.165, 1.54) is 7.05 Å². The summed E-state index contributed by atoms with van der Waals surface area (Å²) in [6.07, 6.45) is 0.0936. The number of aryl methyl sites for hydroxylation is 1. The average molecular weight is 390 g/mol. The molecule has 1 aromatic carbocycles. The van der Waals surface area contributed by atoms with E-state index >= 15 is 0 Å². The molecule has 0 radical (unpaired) electrons. The van der Waals surface area contributed by atoms with Gasteiger partial charge in [-0.05, 0) is 25.0 Å². The Morgan fingerprint density at radius 3 is 2.52 bits per heavy atom. The fraction of sp³-hybridized carbons (Fsp3) is 0.316. The number of anilines is 1. The van der Waals surface area contributed by atoms with E-state index in [2.05, 4.69) is 5.32 Å². The quantitative estimate of drug-likeness (QED) is 0.703. The molecule has 27 heavy (non-hydrogen) atoms. The van der Waals surface area contributed by atoms with E-state index in [-0.39, 0.29) is 40.6 Å². The Hall–Kier alpha value is -2.87. The molecule has 1 heterocycles. The summed E-state index contributed by atoms with van der Waals surface area (Å²) in [4.78, 5) is 36.8. The lowest BCUT2D eigenvalue weighted by atomic mass is 10.1. The molecule has 0 saturated carbocycles. The predicted molar refractivity (Wildman–Crippen MR) is 103 cm³/mol. The molecule has 2 rings (SSSR count). The summed E-state index contributed by atoms with van der Waals surface area (Å²) >= 11 is 0.960. The van der Waals surface area contributed by atoms with Crippen LogP contribution in [-0.4, -0.2) is 31.5 Å². The van der Waals surface area contributed by atoms with Crippen LogP contribution in [0.15, 0.2) is 24.3 Å². The molecule has 7 nitrogen and oxygen atoms in total. The minimum Gasteiger partial charge on any atom is -0.462 e. The highest BCUT2D eigenvalue weighted by molar-refractivity contribution is 7.18. The van der Waals surface area contributed by atoms with Gasteiger partial charge in [-0.3, -0.25) is 9.59 Å². The lowest BCUT2D eigenvalue weighted by Crippen LogP contribution is -2.20. The second-order valence-corrected chi connectivity index (χ2v) is 6.76. The topological polar surface area (TPSA) is 108 Å². The highest BCUT2D eigenvalue weighted by Gasteiger charge is 2.27. The Bertz CT molecular complexity index is 860. The number of ether oxygens (including phenoxy) is 2. The zero-order chi connectivity index (χ0) is 20.0. The van der Waals surface area contributed by atoms with Crippen molar-refractivity contribution < 1.29 is 23.9 Å². The maximum absolute atomic E-state index is 12.2. The molecule has 0 fully saturated rings. The van der Waals surface area contributed by atoms with Crippen molar-refractivity contribution in [2.75, 3.05) is 19.4 Å². The molecular formula is C19H22N2O5S. The van der Waals surface area contributed by atoms with Gasteiger partial charge in [0.05, 0.1) is 13.0 Å². The van der Waals surface area contributed by atoms with Crippen molar-refractivity contribution in [3.8, 4) is 0 Å². The van der Waals surface area contributed by atoms with Gasteiger partial charge in [-0.1, -0.05) is 24.3 Å². The lowest BCUT2D eigenvalue weighted by molar-refractivity contribution is -0.144. The number of hydrogen-bond acceptors (Lipinski definition) is 7. The van der Waals surface area contributed by atoms with E-state index in [1.54, 1.807) is 6.92 Å². The van der Waals surface area contributed by atoms with E-state index in [0.717, 1.165) is 22.5 Å². The van der Waals surface area contributed by atoms with Crippen molar-refractivity contribution in [1.29, 1.82) is 0 Å². The van der Waals surface area contributed by atoms with Gasteiger partial charge in [0.2, 0.25) is 0 Å². The largest absolute Gasteiger partial charge is 0.462 e. The fourth-order valence-electron chi connectivity index (χ4n) is 2.51. The molecule has 1 aromatic heterocycles. The van der Waals surface area contributed by atoms with E-state index in [0.29, 0.717) is 0 Å². The Morgan fingerprint density at radius 2 is 1.89 bits per heavy atom. The van der Waals surface area contributed by atoms with Crippen molar-refractivity contribution in [2.45, 2.75) is 26.9 Å². The van der Waals surface area contributed by atoms with Crippen LogP contribution in [0.4, 0.5) is 5.00 Å². The van der Waals surface area contributed by atoms with Gasteiger partial charge in [0.1, 0.15) is 22.0 Å². The molecule has 0 bridgehead atoms. The minimum absolute atomic E-state index is 0.0733. The van der Waals surface area contributed by atoms with Crippen LogP contribution in [0.3, 0.4) is 0 Å². The van der Waals surface area contributed by atoms with Crippen molar-refractivity contribution in [3.05, 3.63) is 51.4 Å². The molecule has 2 aromatic rings.